The molecule has 0 spiro atoms. The molecular formula is C9H7F3N2O3. The molecule has 0 amide bonds. The molecular weight excluding hydrogens is 241 g/mol. The highest BCUT2D eigenvalue weighted by Crippen LogP contribution is 2.32. The van der Waals surface area contributed by atoms with Gasteiger partial charge in [0, 0.05) is 11.6 Å². The van der Waals surface area contributed by atoms with Crippen LogP contribution in [-0.4, -0.2) is 22.1 Å². The Hall–Kier alpha value is -1.86. The van der Waals surface area contributed by atoms with Crippen LogP contribution in [-0.2, 0) is 20.5 Å². The predicted octanol–water partition coefficient (Wildman–Crippen LogP) is 1.38. The van der Waals surface area contributed by atoms with Crippen molar-refractivity contribution in [2.24, 2.45) is 0 Å². The summed E-state index contributed by atoms with van der Waals surface area (Å²) in [5, 5.41) is 5.29. The van der Waals surface area contributed by atoms with E-state index in [0.29, 0.717) is 0 Å². The third-order valence-corrected chi connectivity index (χ3v) is 2.38. The first-order valence-corrected chi connectivity index (χ1v) is 4.72. The molecule has 1 aliphatic heterocycles. The molecule has 0 aliphatic carbocycles. The summed E-state index contributed by atoms with van der Waals surface area (Å²) in [6.07, 6.45) is -4.82. The highest BCUT2D eigenvalue weighted by atomic mass is 19.4. The Balaban J connectivity index is 2.20. The summed E-state index contributed by atoms with van der Waals surface area (Å²) in [7, 11) is 0. The number of aromatic nitrogens is 2. The summed E-state index contributed by atoms with van der Waals surface area (Å²) in [6.45, 7) is 0. The lowest BCUT2D eigenvalue weighted by atomic mass is 9.95. The van der Waals surface area contributed by atoms with Crippen LogP contribution in [0.3, 0.4) is 0 Å². The molecule has 17 heavy (non-hydrogen) atoms. The normalized spacial score (nSPS) is 18.3. The number of nitrogens with one attached hydrogen (secondary N) is 1. The van der Waals surface area contributed by atoms with E-state index in [1.54, 1.807) is 0 Å². The Labute approximate surface area is 92.9 Å². The molecule has 0 aromatic carbocycles. The van der Waals surface area contributed by atoms with Crippen molar-refractivity contribution in [3.05, 3.63) is 17.5 Å². The van der Waals surface area contributed by atoms with E-state index in [-0.39, 0.29) is 18.5 Å². The van der Waals surface area contributed by atoms with E-state index < -0.39 is 29.7 Å². The maximum absolute atomic E-state index is 12.3. The highest BCUT2D eigenvalue weighted by Gasteiger charge is 2.36. The molecule has 0 radical (unpaired) electrons. The van der Waals surface area contributed by atoms with Crippen LogP contribution in [0.15, 0.2) is 6.07 Å². The summed E-state index contributed by atoms with van der Waals surface area (Å²) < 4.78 is 41.1. The summed E-state index contributed by atoms with van der Waals surface area (Å²) in [5.41, 5.74) is -0.957. The fourth-order valence-corrected chi connectivity index (χ4v) is 1.60. The monoisotopic (exact) mass is 248 g/mol. The maximum atomic E-state index is 12.3. The second kappa shape index (κ2) is 3.86. The van der Waals surface area contributed by atoms with Crippen LogP contribution in [0.1, 0.15) is 30.1 Å². The number of H-pyrrole nitrogens is 1. The van der Waals surface area contributed by atoms with Crippen molar-refractivity contribution in [2.45, 2.75) is 24.9 Å². The first-order valence-electron chi connectivity index (χ1n) is 4.72. The van der Waals surface area contributed by atoms with Crippen molar-refractivity contribution < 1.29 is 27.5 Å². The van der Waals surface area contributed by atoms with Gasteiger partial charge >= 0.3 is 18.1 Å². The van der Waals surface area contributed by atoms with Crippen molar-refractivity contribution >= 4 is 11.9 Å². The van der Waals surface area contributed by atoms with Crippen molar-refractivity contribution in [1.82, 2.24) is 10.2 Å². The molecule has 0 unspecified atom stereocenters. The summed E-state index contributed by atoms with van der Waals surface area (Å²) in [5.74, 6) is -2.11. The number of aromatic amines is 1. The topological polar surface area (TPSA) is 72.0 Å². The van der Waals surface area contributed by atoms with Crippen LogP contribution in [0.2, 0.25) is 0 Å². The van der Waals surface area contributed by atoms with Gasteiger partial charge in [-0.1, -0.05) is 0 Å². The number of ether oxygens (including phenoxy) is 1. The van der Waals surface area contributed by atoms with Gasteiger partial charge in [0.1, 0.15) is 0 Å². The summed E-state index contributed by atoms with van der Waals surface area (Å²) >= 11 is 0. The summed E-state index contributed by atoms with van der Waals surface area (Å²) in [4.78, 5) is 21.9. The van der Waals surface area contributed by atoms with Gasteiger partial charge in [0.05, 0.1) is 12.8 Å². The summed E-state index contributed by atoms with van der Waals surface area (Å²) in [6, 6.07) is 0.802. The second-order valence-corrected chi connectivity index (χ2v) is 3.66. The molecule has 0 atom stereocenters. The number of carbonyl (C=O) groups excluding carboxylic acids is 2. The molecule has 1 saturated heterocycles. The fraction of sp³-hybridized carbons (Fsp3) is 0.444. The van der Waals surface area contributed by atoms with Crippen LogP contribution < -0.4 is 0 Å². The molecule has 2 rings (SSSR count). The third-order valence-electron chi connectivity index (χ3n) is 2.38. The molecule has 0 bridgehead atoms. The van der Waals surface area contributed by atoms with Gasteiger partial charge in [-0.15, -0.1) is 0 Å². The van der Waals surface area contributed by atoms with Gasteiger partial charge in [-0.25, -0.2) is 0 Å². The zero-order valence-corrected chi connectivity index (χ0v) is 8.37. The van der Waals surface area contributed by atoms with Gasteiger partial charge in [-0.05, 0) is 6.07 Å². The van der Waals surface area contributed by atoms with E-state index in [9.17, 15) is 22.8 Å². The van der Waals surface area contributed by atoms with Crippen molar-refractivity contribution in [3.63, 3.8) is 0 Å². The van der Waals surface area contributed by atoms with E-state index >= 15 is 0 Å². The number of hydrogen-bond acceptors (Lipinski definition) is 4. The lowest BCUT2D eigenvalue weighted by molar-refractivity contribution is -0.164. The second-order valence-electron chi connectivity index (χ2n) is 3.66. The molecule has 1 N–H and O–H groups in total. The molecule has 8 heteroatoms. The third kappa shape index (κ3) is 2.45. The lowest BCUT2D eigenvalue weighted by Crippen LogP contribution is -2.24. The standard InChI is InChI=1S/C9H7F3N2O3/c10-9(11,12)6-3-5(13-14-6)4-1-7(15)17-8(16)2-4/h3-4H,1-2H2,(H,13,14). The molecule has 1 fully saturated rings. The van der Waals surface area contributed by atoms with Crippen molar-refractivity contribution in [3.8, 4) is 0 Å². The Morgan fingerprint density at radius 1 is 1.29 bits per heavy atom. The number of carbonyl (C=O) groups is 2. The number of cyclic esters (lactones) is 2. The van der Waals surface area contributed by atoms with E-state index in [0.717, 1.165) is 6.07 Å². The zero-order chi connectivity index (χ0) is 12.6. The average Bonchev–Trinajstić information content (AvgIpc) is 2.63. The zero-order valence-electron chi connectivity index (χ0n) is 8.37. The van der Waals surface area contributed by atoms with Gasteiger partial charge in [-0.3, -0.25) is 14.7 Å². The lowest BCUT2D eigenvalue weighted by Gasteiger charge is -2.17. The largest absolute Gasteiger partial charge is 0.435 e. The molecule has 92 valence electrons. The Bertz CT molecular complexity index is 450. The number of nitrogens with zero attached hydrogens (tertiary/aromatic N) is 1. The smallest absolute Gasteiger partial charge is 0.393 e. The fourth-order valence-electron chi connectivity index (χ4n) is 1.60. The first kappa shape index (κ1) is 11.6. The molecule has 2 heterocycles. The first-order chi connectivity index (χ1) is 7.86. The van der Waals surface area contributed by atoms with Gasteiger partial charge in [-0.2, -0.15) is 18.3 Å². The number of alkyl halides is 3. The van der Waals surface area contributed by atoms with Gasteiger partial charge in [0.15, 0.2) is 5.69 Å². The molecule has 5 nitrogen and oxygen atoms in total. The van der Waals surface area contributed by atoms with Crippen LogP contribution in [0.5, 0.6) is 0 Å². The van der Waals surface area contributed by atoms with Crippen LogP contribution in [0, 0.1) is 0 Å². The van der Waals surface area contributed by atoms with E-state index in [4.69, 9.17) is 0 Å². The van der Waals surface area contributed by atoms with E-state index in [1.807, 2.05) is 0 Å². The van der Waals surface area contributed by atoms with E-state index in [2.05, 4.69) is 14.9 Å². The quantitative estimate of drug-likeness (QED) is 0.602. The molecule has 1 aliphatic rings. The number of rotatable bonds is 1. The average molecular weight is 248 g/mol. The molecule has 1 aromatic heterocycles. The minimum absolute atomic E-state index is 0.113. The number of hydrogen-bond donors (Lipinski definition) is 1. The number of halogens is 3. The number of esters is 2. The Kier molecular flexibility index (Phi) is 2.64. The minimum atomic E-state index is -4.55. The Morgan fingerprint density at radius 2 is 1.88 bits per heavy atom. The van der Waals surface area contributed by atoms with Crippen molar-refractivity contribution in [2.75, 3.05) is 0 Å². The minimum Gasteiger partial charge on any atom is -0.393 e. The Morgan fingerprint density at radius 3 is 2.35 bits per heavy atom. The maximum Gasteiger partial charge on any atom is 0.435 e. The molecule has 0 saturated carbocycles. The van der Waals surface area contributed by atoms with Crippen LogP contribution in [0.25, 0.3) is 0 Å². The highest BCUT2D eigenvalue weighted by molar-refractivity contribution is 5.89. The molecule has 1 aromatic rings. The van der Waals surface area contributed by atoms with Gasteiger partial charge in [0.25, 0.3) is 0 Å². The van der Waals surface area contributed by atoms with Crippen LogP contribution >= 0.6 is 0 Å². The van der Waals surface area contributed by atoms with Gasteiger partial charge in [0.2, 0.25) is 0 Å². The van der Waals surface area contributed by atoms with Gasteiger partial charge < -0.3 is 4.74 Å². The van der Waals surface area contributed by atoms with Crippen molar-refractivity contribution in [1.29, 1.82) is 0 Å². The SMILES string of the molecule is O=C1CC(c2cc(C(F)(F)F)n[nH]2)CC(=O)O1. The van der Waals surface area contributed by atoms with Crippen LogP contribution in [0.4, 0.5) is 13.2 Å². The predicted molar refractivity (Wildman–Crippen MR) is 46.7 cm³/mol. The van der Waals surface area contributed by atoms with E-state index in [1.165, 1.54) is 0 Å².